The van der Waals surface area contributed by atoms with Crippen LogP contribution in [0.2, 0.25) is 0 Å². The van der Waals surface area contributed by atoms with Crippen molar-refractivity contribution in [3.05, 3.63) is 55.5 Å². The fraction of sp³-hybridized carbons (Fsp3) is 0.385. The van der Waals surface area contributed by atoms with E-state index in [1.807, 2.05) is 16.9 Å². The minimum atomic E-state index is -0.294. The zero-order valence-corrected chi connectivity index (χ0v) is 21.4. The molecule has 11 heteroatoms. The summed E-state index contributed by atoms with van der Waals surface area (Å²) in [6.07, 6.45) is 6.67. The molecule has 1 amide bonds. The van der Waals surface area contributed by atoms with Crippen molar-refractivity contribution in [2.45, 2.75) is 20.4 Å². The van der Waals surface area contributed by atoms with E-state index >= 15 is 0 Å². The van der Waals surface area contributed by atoms with Gasteiger partial charge in [-0.1, -0.05) is 26.5 Å². The number of likely N-dealkylation sites (N-methyl/N-ethyl adjacent to an activating group) is 1. The Morgan fingerprint density at radius 2 is 2.03 bits per heavy atom. The fourth-order valence-electron chi connectivity index (χ4n) is 3.92. The van der Waals surface area contributed by atoms with Gasteiger partial charge in [0.15, 0.2) is 0 Å². The summed E-state index contributed by atoms with van der Waals surface area (Å²) in [5.74, 6) is 1.04. The van der Waals surface area contributed by atoms with E-state index in [1.165, 1.54) is 6.08 Å². The Bertz CT molecular complexity index is 1190. The van der Waals surface area contributed by atoms with E-state index in [2.05, 4.69) is 55.9 Å². The van der Waals surface area contributed by atoms with Crippen molar-refractivity contribution >= 4 is 28.9 Å². The topological polar surface area (TPSA) is 110 Å². The quantitative estimate of drug-likeness (QED) is 0.357. The first-order valence-electron chi connectivity index (χ1n) is 12.5. The lowest BCUT2D eigenvalue weighted by Crippen LogP contribution is -2.36. The van der Waals surface area contributed by atoms with Gasteiger partial charge < -0.3 is 29.9 Å². The van der Waals surface area contributed by atoms with Gasteiger partial charge in [0.2, 0.25) is 17.7 Å². The van der Waals surface area contributed by atoms with Crippen LogP contribution < -0.4 is 20.3 Å². The summed E-state index contributed by atoms with van der Waals surface area (Å²) in [5, 5.41) is 10.4. The zero-order valence-electron chi connectivity index (χ0n) is 21.4. The van der Waals surface area contributed by atoms with Gasteiger partial charge in [0.05, 0.1) is 37.8 Å². The fourth-order valence-corrected chi connectivity index (χ4v) is 3.92. The highest BCUT2D eigenvalue weighted by molar-refractivity contribution is 5.98. The van der Waals surface area contributed by atoms with Crippen molar-refractivity contribution in [2.75, 3.05) is 61.5 Å². The van der Waals surface area contributed by atoms with Gasteiger partial charge in [-0.15, -0.1) is 0 Å². The summed E-state index contributed by atoms with van der Waals surface area (Å²) in [5.41, 5.74) is 2.16. The molecule has 1 saturated heterocycles. The Kier molecular flexibility index (Phi) is 9.06. The Balaban J connectivity index is 1.53. The molecular weight excluding hydrogens is 472 g/mol. The first-order chi connectivity index (χ1) is 18.1. The molecule has 0 radical (unpaired) electrons. The average Bonchev–Trinajstić information content (AvgIpc) is 3.37. The highest BCUT2D eigenvalue weighted by Gasteiger charge is 2.19. The molecule has 0 unspecified atom stereocenters. The number of hydrogen-bond donors (Lipinski definition) is 2. The summed E-state index contributed by atoms with van der Waals surface area (Å²) in [7, 11) is 0. The Labute approximate surface area is 217 Å². The van der Waals surface area contributed by atoms with Crippen molar-refractivity contribution < 1.29 is 14.3 Å². The number of anilines is 4. The van der Waals surface area contributed by atoms with E-state index in [4.69, 9.17) is 9.47 Å². The molecule has 11 nitrogen and oxygen atoms in total. The monoisotopic (exact) mass is 506 g/mol. The first kappa shape index (κ1) is 26.1. The summed E-state index contributed by atoms with van der Waals surface area (Å²) in [6, 6.07) is 7.12. The number of carbonyl (C=O) groups excluding carboxylic acids is 1. The third-order valence-electron chi connectivity index (χ3n) is 6.02. The van der Waals surface area contributed by atoms with Crippen molar-refractivity contribution in [1.29, 1.82) is 0 Å². The largest absolute Gasteiger partial charge is 0.437 e. The highest BCUT2D eigenvalue weighted by Crippen LogP contribution is 2.33. The maximum atomic E-state index is 11.7. The molecule has 1 aliphatic heterocycles. The van der Waals surface area contributed by atoms with Crippen LogP contribution in [0.3, 0.4) is 0 Å². The summed E-state index contributed by atoms with van der Waals surface area (Å²) < 4.78 is 13.6. The van der Waals surface area contributed by atoms with Crippen LogP contribution in [0.25, 0.3) is 0 Å². The molecule has 2 N–H and O–H groups in total. The van der Waals surface area contributed by atoms with Crippen LogP contribution in [0.5, 0.6) is 11.6 Å². The molecule has 0 spiro atoms. The number of aromatic nitrogens is 4. The Hall–Kier alpha value is -3.96. The van der Waals surface area contributed by atoms with E-state index in [-0.39, 0.29) is 5.91 Å². The number of ether oxygens (including phenoxy) is 2. The molecule has 0 bridgehead atoms. The molecule has 3 heterocycles. The Morgan fingerprint density at radius 3 is 2.78 bits per heavy atom. The second-order valence-corrected chi connectivity index (χ2v) is 8.45. The minimum absolute atomic E-state index is 0.294. The smallest absolute Gasteiger partial charge is 0.248 e. The number of morpholine rings is 1. The Morgan fingerprint density at radius 1 is 1.22 bits per heavy atom. The number of hydrogen-bond acceptors (Lipinski definition) is 9. The third-order valence-corrected chi connectivity index (χ3v) is 6.02. The van der Waals surface area contributed by atoms with Crippen molar-refractivity contribution in [2.24, 2.45) is 0 Å². The second kappa shape index (κ2) is 12.8. The van der Waals surface area contributed by atoms with E-state index in [9.17, 15) is 4.79 Å². The number of nitrogens with zero attached hydrogens (tertiary/aromatic N) is 6. The standard InChI is InChI=1S/C26H34N8O3/c1-4-24(35)29-20-8-7-9-22(16-20)37-25-23(33-12-14-36-15-13-33)18-27-26(31-25)30-21-17-28-34(19-21)11-10-32(5-2)6-3/h4,7-9,16-19H,1,5-6,10-15H2,2-3H3,(H,29,35)(H,27,30,31). The van der Waals surface area contributed by atoms with Crippen LogP contribution in [0.1, 0.15) is 13.8 Å². The normalized spacial score (nSPS) is 13.4. The van der Waals surface area contributed by atoms with Crippen LogP contribution in [0.15, 0.2) is 55.5 Å². The molecule has 37 heavy (non-hydrogen) atoms. The lowest BCUT2D eigenvalue weighted by atomic mass is 10.3. The van der Waals surface area contributed by atoms with Gasteiger partial charge in [0.1, 0.15) is 11.4 Å². The second-order valence-electron chi connectivity index (χ2n) is 8.45. The minimum Gasteiger partial charge on any atom is -0.437 e. The van der Waals surface area contributed by atoms with Crippen LogP contribution in [-0.4, -0.2) is 76.5 Å². The van der Waals surface area contributed by atoms with E-state index in [0.29, 0.717) is 49.6 Å². The first-order valence-corrected chi connectivity index (χ1v) is 12.5. The average molecular weight is 507 g/mol. The highest BCUT2D eigenvalue weighted by atomic mass is 16.5. The number of carbonyl (C=O) groups is 1. The molecular formula is C26H34N8O3. The number of rotatable bonds is 12. The molecule has 1 aliphatic rings. The number of nitrogens with one attached hydrogen (secondary N) is 2. The lowest BCUT2D eigenvalue weighted by molar-refractivity contribution is -0.111. The maximum absolute atomic E-state index is 11.7. The lowest BCUT2D eigenvalue weighted by Gasteiger charge is -2.29. The van der Waals surface area contributed by atoms with Gasteiger partial charge in [-0.3, -0.25) is 9.48 Å². The van der Waals surface area contributed by atoms with Crippen molar-refractivity contribution in [1.82, 2.24) is 24.6 Å². The predicted octanol–water partition coefficient (Wildman–Crippen LogP) is 3.51. The van der Waals surface area contributed by atoms with Gasteiger partial charge in [0, 0.05) is 37.6 Å². The number of amides is 1. The molecule has 196 valence electrons. The van der Waals surface area contributed by atoms with E-state index in [0.717, 1.165) is 37.6 Å². The van der Waals surface area contributed by atoms with E-state index in [1.54, 1.807) is 30.6 Å². The van der Waals surface area contributed by atoms with Gasteiger partial charge >= 0.3 is 0 Å². The molecule has 0 aliphatic carbocycles. The molecule has 1 fully saturated rings. The molecule has 1 aromatic carbocycles. The summed E-state index contributed by atoms with van der Waals surface area (Å²) in [6.45, 7) is 14.2. The summed E-state index contributed by atoms with van der Waals surface area (Å²) in [4.78, 5) is 25.4. The SMILES string of the molecule is C=CC(=O)Nc1cccc(Oc2nc(Nc3cnn(CCN(CC)CC)c3)ncc2N2CCOCC2)c1. The molecule has 2 aromatic heterocycles. The number of benzene rings is 1. The maximum Gasteiger partial charge on any atom is 0.248 e. The zero-order chi connectivity index (χ0) is 26.0. The molecule has 0 saturated carbocycles. The van der Waals surface area contributed by atoms with Gasteiger partial charge in [0.25, 0.3) is 0 Å². The van der Waals surface area contributed by atoms with Crippen LogP contribution in [0.4, 0.5) is 23.0 Å². The van der Waals surface area contributed by atoms with Gasteiger partial charge in [-0.05, 0) is 31.3 Å². The van der Waals surface area contributed by atoms with Crippen LogP contribution in [0, 0.1) is 0 Å². The third kappa shape index (κ3) is 7.28. The van der Waals surface area contributed by atoms with Crippen molar-refractivity contribution in [3.8, 4) is 11.6 Å². The van der Waals surface area contributed by atoms with E-state index < -0.39 is 0 Å². The molecule has 3 aromatic rings. The van der Waals surface area contributed by atoms with Crippen molar-refractivity contribution in [3.63, 3.8) is 0 Å². The molecule has 0 atom stereocenters. The summed E-state index contributed by atoms with van der Waals surface area (Å²) >= 11 is 0. The predicted molar refractivity (Wildman–Crippen MR) is 144 cm³/mol. The van der Waals surface area contributed by atoms with Gasteiger partial charge in [-0.25, -0.2) is 4.98 Å². The molecule has 4 rings (SSSR count). The van der Waals surface area contributed by atoms with Crippen LogP contribution in [-0.2, 0) is 16.1 Å². The van der Waals surface area contributed by atoms with Crippen LogP contribution >= 0.6 is 0 Å². The van der Waals surface area contributed by atoms with Gasteiger partial charge in [-0.2, -0.15) is 10.1 Å².